The highest BCUT2D eigenvalue weighted by atomic mass is 35.5. The van der Waals surface area contributed by atoms with Gasteiger partial charge in [0.15, 0.2) is 0 Å². The molecule has 0 heterocycles. The van der Waals surface area contributed by atoms with Gasteiger partial charge in [0, 0.05) is 31.5 Å². The molecule has 0 bridgehead atoms. The third kappa shape index (κ3) is 5.91. The van der Waals surface area contributed by atoms with Gasteiger partial charge >= 0.3 is 0 Å². The van der Waals surface area contributed by atoms with Gasteiger partial charge in [-0.1, -0.05) is 35.9 Å². The molecule has 0 aliphatic heterocycles. The van der Waals surface area contributed by atoms with E-state index < -0.39 is 0 Å². The number of hydrogen-bond acceptors (Lipinski definition) is 3. The summed E-state index contributed by atoms with van der Waals surface area (Å²) >= 11 is 5.87. The molecule has 2 amide bonds. The second kappa shape index (κ2) is 9.59. The second-order valence-electron chi connectivity index (χ2n) is 5.84. The molecule has 0 aliphatic rings. The Morgan fingerprint density at radius 2 is 1.81 bits per heavy atom. The normalized spacial score (nSPS) is 10.0. The molecule has 0 unspecified atom stereocenters. The van der Waals surface area contributed by atoms with Crippen molar-refractivity contribution in [3.8, 4) is 6.07 Å². The molecular weight excluding hydrogens is 350 g/mol. The highest BCUT2D eigenvalue weighted by Crippen LogP contribution is 2.14. The van der Waals surface area contributed by atoms with Gasteiger partial charge in [0.1, 0.15) is 6.07 Å². The van der Waals surface area contributed by atoms with Crippen LogP contribution in [0.15, 0.2) is 48.5 Å². The molecule has 0 aromatic heterocycles. The molecule has 134 valence electrons. The van der Waals surface area contributed by atoms with Crippen molar-refractivity contribution in [2.24, 2.45) is 0 Å². The van der Waals surface area contributed by atoms with Crippen molar-refractivity contribution in [1.82, 2.24) is 4.90 Å². The van der Waals surface area contributed by atoms with Crippen molar-refractivity contribution in [2.75, 3.05) is 18.4 Å². The minimum Gasteiger partial charge on any atom is -0.342 e. The fraction of sp³-hybridized carbons (Fsp3) is 0.250. The number of nitriles is 1. The maximum atomic E-state index is 12.1. The molecular formula is C20H20ClN3O2. The molecule has 0 atom stereocenters. The van der Waals surface area contributed by atoms with Crippen molar-refractivity contribution >= 4 is 29.1 Å². The summed E-state index contributed by atoms with van der Waals surface area (Å²) in [5.74, 6) is -0.311. The number of hydrogen-bond donors (Lipinski definition) is 1. The van der Waals surface area contributed by atoms with E-state index in [4.69, 9.17) is 16.9 Å². The zero-order chi connectivity index (χ0) is 18.9. The van der Waals surface area contributed by atoms with Gasteiger partial charge in [-0.15, -0.1) is 0 Å². The summed E-state index contributed by atoms with van der Waals surface area (Å²) in [5, 5.41) is 12.4. The van der Waals surface area contributed by atoms with Crippen LogP contribution in [0.3, 0.4) is 0 Å². The quantitative estimate of drug-likeness (QED) is 0.809. The second-order valence-corrected chi connectivity index (χ2v) is 6.27. The number of nitrogens with zero attached hydrogens (tertiary/aromatic N) is 2. The van der Waals surface area contributed by atoms with Crippen molar-refractivity contribution in [3.05, 3.63) is 64.7 Å². The van der Waals surface area contributed by atoms with Crippen LogP contribution in [0, 0.1) is 11.3 Å². The predicted molar refractivity (Wildman–Crippen MR) is 102 cm³/mol. The highest BCUT2D eigenvalue weighted by Gasteiger charge is 2.12. The molecule has 2 aromatic carbocycles. The lowest BCUT2D eigenvalue weighted by Gasteiger charge is -2.21. The van der Waals surface area contributed by atoms with Gasteiger partial charge < -0.3 is 10.2 Å². The monoisotopic (exact) mass is 369 g/mol. The topological polar surface area (TPSA) is 73.2 Å². The summed E-state index contributed by atoms with van der Waals surface area (Å²) in [6.45, 7) is 2.34. The smallest absolute Gasteiger partial charge is 0.226 e. The van der Waals surface area contributed by atoms with Gasteiger partial charge in [-0.05, 0) is 36.2 Å². The van der Waals surface area contributed by atoms with Gasteiger partial charge in [0.2, 0.25) is 11.8 Å². The average Bonchev–Trinajstić information content (AvgIpc) is 2.63. The number of carbonyl (C=O) groups is 2. The average molecular weight is 370 g/mol. The molecule has 2 aromatic rings. The number of halogens is 1. The number of para-hydroxylation sites is 1. The molecule has 0 saturated heterocycles. The minimum atomic E-state index is -0.231. The first-order valence-corrected chi connectivity index (χ1v) is 8.66. The summed E-state index contributed by atoms with van der Waals surface area (Å²) in [6.07, 6.45) is 0.857. The van der Waals surface area contributed by atoms with E-state index in [1.54, 1.807) is 29.2 Å². The summed E-state index contributed by atoms with van der Waals surface area (Å²) in [5.41, 5.74) is 1.97. The highest BCUT2D eigenvalue weighted by molar-refractivity contribution is 6.30. The van der Waals surface area contributed by atoms with E-state index in [1.165, 1.54) is 6.92 Å². The fourth-order valence-corrected chi connectivity index (χ4v) is 2.61. The third-order valence-electron chi connectivity index (χ3n) is 3.96. The van der Waals surface area contributed by atoms with Crippen molar-refractivity contribution in [1.29, 1.82) is 5.26 Å². The summed E-state index contributed by atoms with van der Waals surface area (Å²) in [7, 11) is 0. The van der Waals surface area contributed by atoms with E-state index in [2.05, 4.69) is 5.32 Å². The first kappa shape index (κ1) is 19.5. The van der Waals surface area contributed by atoms with Crippen LogP contribution in [0.5, 0.6) is 0 Å². The predicted octanol–water partition coefficient (Wildman–Crippen LogP) is 3.63. The van der Waals surface area contributed by atoms with E-state index in [-0.39, 0.29) is 18.2 Å². The summed E-state index contributed by atoms with van der Waals surface area (Å²) in [4.78, 5) is 25.6. The molecule has 5 nitrogen and oxygen atoms in total. The number of rotatable bonds is 7. The molecule has 2 rings (SSSR count). The Labute approximate surface area is 158 Å². The lowest BCUT2D eigenvalue weighted by atomic mass is 10.1. The molecule has 0 spiro atoms. The number of amides is 2. The molecule has 6 heteroatoms. The Morgan fingerprint density at radius 3 is 2.46 bits per heavy atom. The van der Waals surface area contributed by atoms with Gasteiger partial charge in [-0.3, -0.25) is 9.59 Å². The van der Waals surface area contributed by atoms with Crippen LogP contribution in [0.2, 0.25) is 5.02 Å². The summed E-state index contributed by atoms with van der Waals surface area (Å²) < 4.78 is 0. The minimum absolute atomic E-state index is 0.0795. The maximum absolute atomic E-state index is 12.1. The fourth-order valence-electron chi connectivity index (χ4n) is 2.48. The van der Waals surface area contributed by atoms with Crippen LogP contribution in [0.25, 0.3) is 0 Å². The van der Waals surface area contributed by atoms with E-state index in [9.17, 15) is 9.59 Å². The number of carbonyl (C=O) groups excluding carboxylic acids is 2. The van der Waals surface area contributed by atoms with Crippen molar-refractivity contribution in [3.63, 3.8) is 0 Å². The zero-order valence-corrected chi connectivity index (χ0v) is 15.3. The molecule has 1 N–H and O–H groups in total. The van der Waals surface area contributed by atoms with Gasteiger partial charge in [0.25, 0.3) is 0 Å². The largest absolute Gasteiger partial charge is 0.342 e. The molecule has 0 aliphatic carbocycles. The standard InChI is InChI=1S/C20H20ClN3O2/c1-15(25)24(12-10-16-6-8-18(21)9-7-16)13-11-20(26)23-19-5-3-2-4-17(19)14-22/h2-9H,10-13H2,1H3,(H,23,26). The SMILES string of the molecule is CC(=O)N(CCC(=O)Nc1ccccc1C#N)CCc1ccc(Cl)cc1. The van der Waals surface area contributed by atoms with E-state index in [0.29, 0.717) is 35.8 Å². The lowest BCUT2D eigenvalue weighted by molar-refractivity contribution is -0.129. The van der Waals surface area contributed by atoms with Crippen LogP contribution in [0.1, 0.15) is 24.5 Å². The van der Waals surface area contributed by atoms with E-state index in [1.807, 2.05) is 30.3 Å². The van der Waals surface area contributed by atoms with E-state index >= 15 is 0 Å². The molecule has 0 saturated carbocycles. The Bertz CT molecular complexity index is 813. The summed E-state index contributed by atoms with van der Waals surface area (Å²) in [6, 6.07) is 16.3. The first-order chi connectivity index (χ1) is 12.5. The van der Waals surface area contributed by atoms with Crippen LogP contribution in [-0.2, 0) is 16.0 Å². The van der Waals surface area contributed by atoms with Crippen LogP contribution >= 0.6 is 11.6 Å². The molecule has 0 radical (unpaired) electrons. The number of benzene rings is 2. The third-order valence-corrected chi connectivity index (χ3v) is 4.21. The Morgan fingerprint density at radius 1 is 1.12 bits per heavy atom. The number of anilines is 1. The van der Waals surface area contributed by atoms with Crippen LogP contribution in [-0.4, -0.2) is 29.8 Å². The van der Waals surface area contributed by atoms with Crippen molar-refractivity contribution in [2.45, 2.75) is 19.8 Å². The maximum Gasteiger partial charge on any atom is 0.226 e. The Hall–Kier alpha value is -2.84. The van der Waals surface area contributed by atoms with Crippen LogP contribution < -0.4 is 5.32 Å². The molecule has 26 heavy (non-hydrogen) atoms. The lowest BCUT2D eigenvalue weighted by Crippen LogP contribution is -2.33. The number of nitrogens with one attached hydrogen (secondary N) is 1. The first-order valence-electron chi connectivity index (χ1n) is 8.28. The molecule has 0 fully saturated rings. The van der Waals surface area contributed by atoms with E-state index in [0.717, 1.165) is 5.56 Å². The van der Waals surface area contributed by atoms with Crippen molar-refractivity contribution < 1.29 is 9.59 Å². The zero-order valence-electron chi connectivity index (χ0n) is 14.5. The Balaban J connectivity index is 1.87. The van der Waals surface area contributed by atoms with Gasteiger partial charge in [-0.2, -0.15) is 5.26 Å². The Kier molecular flexibility index (Phi) is 7.19. The van der Waals surface area contributed by atoms with Gasteiger partial charge in [0.05, 0.1) is 11.3 Å². The van der Waals surface area contributed by atoms with Gasteiger partial charge in [-0.25, -0.2) is 0 Å². The van der Waals surface area contributed by atoms with Crippen LogP contribution in [0.4, 0.5) is 5.69 Å².